The van der Waals surface area contributed by atoms with Gasteiger partial charge in [0.25, 0.3) is 0 Å². The Bertz CT molecular complexity index is 411. The number of aryl methyl sites for hydroxylation is 1. The molecule has 19 heavy (non-hydrogen) atoms. The van der Waals surface area contributed by atoms with Crippen LogP contribution < -0.4 is 5.73 Å². The molecule has 1 atom stereocenters. The minimum atomic E-state index is 0.219. The van der Waals surface area contributed by atoms with Gasteiger partial charge in [0.2, 0.25) is 0 Å². The van der Waals surface area contributed by atoms with Crippen molar-refractivity contribution in [2.45, 2.75) is 38.9 Å². The van der Waals surface area contributed by atoms with E-state index >= 15 is 0 Å². The van der Waals surface area contributed by atoms with Crippen LogP contribution in [0.25, 0.3) is 0 Å². The van der Waals surface area contributed by atoms with Gasteiger partial charge in [-0.15, -0.1) is 0 Å². The molecular weight excluding hydrogens is 234 g/mol. The highest BCUT2D eigenvalue weighted by atomic mass is 15.3. The molecule has 2 rings (SSSR count). The summed E-state index contributed by atoms with van der Waals surface area (Å²) in [6.45, 7) is 10.6. The number of piperazine rings is 1. The number of nitrogens with two attached hydrogens (primary N) is 1. The van der Waals surface area contributed by atoms with E-state index in [9.17, 15) is 0 Å². The van der Waals surface area contributed by atoms with Crippen molar-refractivity contribution < 1.29 is 0 Å². The second-order valence-corrected chi connectivity index (χ2v) is 6.47. The van der Waals surface area contributed by atoms with Crippen molar-refractivity contribution >= 4 is 0 Å². The zero-order valence-electron chi connectivity index (χ0n) is 12.7. The summed E-state index contributed by atoms with van der Waals surface area (Å²) in [4.78, 5) is 4.96. The first kappa shape index (κ1) is 14.5. The van der Waals surface area contributed by atoms with E-state index in [1.807, 2.05) is 0 Å². The molecule has 0 amide bonds. The standard InChI is InChI=1S/C16H27N3/c1-13-5-7-14(8-6-13)10-19-12-16(2,3)18(4)11-15(19)9-17/h5-8,15H,9-12,17H2,1-4H3. The molecule has 1 fully saturated rings. The maximum Gasteiger partial charge on any atom is 0.0350 e. The SMILES string of the molecule is Cc1ccc(CN2CC(C)(C)N(C)CC2CN)cc1. The predicted octanol–water partition coefficient (Wildman–Crippen LogP) is 1.85. The Morgan fingerprint density at radius 1 is 1.26 bits per heavy atom. The molecule has 1 aliphatic rings. The number of hydrogen-bond acceptors (Lipinski definition) is 3. The summed E-state index contributed by atoms with van der Waals surface area (Å²) >= 11 is 0. The molecule has 1 aromatic rings. The van der Waals surface area contributed by atoms with Gasteiger partial charge in [0.05, 0.1) is 0 Å². The molecule has 0 aromatic heterocycles. The Morgan fingerprint density at radius 2 is 1.89 bits per heavy atom. The molecule has 1 unspecified atom stereocenters. The molecule has 0 saturated carbocycles. The van der Waals surface area contributed by atoms with Crippen LogP contribution in [0.15, 0.2) is 24.3 Å². The van der Waals surface area contributed by atoms with Crippen LogP contribution in [0.3, 0.4) is 0 Å². The Morgan fingerprint density at radius 3 is 2.47 bits per heavy atom. The molecule has 1 heterocycles. The number of nitrogens with zero attached hydrogens (tertiary/aromatic N) is 2. The Kier molecular flexibility index (Phi) is 4.29. The predicted molar refractivity (Wildman–Crippen MR) is 81.1 cm³/mol. The summed E-state index contributed by atoms with van der Waals surface area (Å²) in [5, 5.41) is 0. The van der Waals surface area contributed by atoms with Gasteiger partial charge in [0, 0.05) is 37.8 Å². The first-order chi connectivity index (χ1) is 8.92. The largest absolute Gasteiger partial charge is 0.329 e. The lowest BCUT2D eigenvalue weighted by Crippen LogP contribution is -2.63. The summed E-state index contributed by atoms with van der Waals surface area (Å²) < 4.78 is 0. The van der Waals surface area contributed by atoms with Crippen LogP contribution in [0.4, 0.5) is 0 Å². The smallest absolute Gasteiger partial charge is 0.0350 e. The summed E-state index contributed by atoms with van der Waals surface area (Å²) in [6, 6.07) is 9.30. The number of likely N-dealkylation sites (N-methyl/N-ethyl adjacent to an activating group) is 1. The van der Waals surface area contributed by atoms with Crippen LogP contribution in [0.2, 0.25) is 0 Å². The molecular formula is C16H27N3. The van der Waals surface area contributed by atoms with E-state index in [0.717, 1.165) is 26.2 Å². The minimum absolute atomic E-state index is 0.219. The second-order valence-electron chi connectivity index (χ2n) is 6.47. The van der Waals surface area contributed by atoms with Gasteiger partial charge in [0.1, 0.15) is 0 Å². The van der Waals surface area contributed by atoms with Crippen molar-refractivity contribution in [1.82, 2.24) is 9.80 Å². The number of benzene rings is 1. The van der Waals surface area contributed by atoms with Crippen LogP contribution in [0.5, 0.6) is 0 Å². The van der Waals surface area contributed by atoms with Gasteiger partial charge in [-0.25, -0.2) is 0 Å². The molecule has 2 N–H and O–H groups in total. The van der Waals surface area contributed by atoms with Crippen molar-refractivity contribution in [3.8, 4) is 0 Å². The van der Waals surface area contributed by atoms with Crippen molar-refractivity contribution in [2.24, 2.45) is 5.73 Å². The van der Waals surface area contributed by atoms with Gasteiger partial charge in [0.15, 0.2) is 0 Å². The second kappa shape index (κ2) is 5.61. The van der Waals surface area contributed by atoms with E-state index in [1.54, 1.807) is 0 Å². The molecule has 3 nitrogen and oxygen atoms in total. The van der Waals surface area contributed by atoms with Crippen LogP contribution in [0.1, 0.15) is 25.0 Å². The third kappa shape index (κ3) is 3.35. The summed E-state index contributed by atoms with van der Waals surface area (Å²) in [6.07, 6.45) is 0. The highest BCUT2D eigenvalue weighted by Gasteiger charge is 2.35. The van der Waals surface area contributed by atoms with Crippen molar-refractivity contribution in [2.75, 3.05) is 26.7 Å². The van der Waals surface area contributed by atoms with Gasteiger partial charge >= 0.3 is 0 Å². The molecule has 0 spiro atoms. The highest BCUT2D eigenvalue weighted by molar-refractivity contribution is 5.21. The van der Waals surface area contributed by atoms with Crippen molar-refractivity contribution in [1.29, 1.82) is 0 Å². The van der Waals surface area contributed by atoms with Gasteiger partial charge in [-0.1, -0.05) is 29.8 Å². The molecule has 1 aliphatic heterocycles. The van der Waals surface area contributed by atoms with E-state index in [0.29, 0.717) is 6.04 Å². The third-order valence-electron chi connectivity index (χ3n) is 4.40. The fraction of sp³-hybridized carbons (Fsp3) is 0.625. The topological polar surface area (TPSA) is 32.5 Å². The highest BCUT2D eigenvalue weighted by Crippen LogP contribution is 2.24. The van der Waals surface area contributed by atoms with Crippen LogP contribution in [0, 0.1) is 6.92 Å². The first-order valence-corrected chi connectivity index (χ1v) is 7.13. The van der Waals surface area contributed by atoms with E-state index < -0.39 is 0 Å². The Balaban J connectivity index is 2.10. The van der Waals surface area contributed by atoms with Gasteiger partial charge in [-0.2, -0.15) is 0 Å². The molecule has 0 aliphatic carbocycles. The van der Waals surface area contributed by atoms with E-state index in [2.05, 4.69) is 61.9 Å². The van der Waals surface area contributed by atoms with Gasteiger partial charge in [-0.3, -0.25) is 9.80 Å². The summed E-state index contributed by atoms with van der Waals surface area (Å²) in [5.41, 5.74) is 8.87. The molecule has 106 valence electrons. The van der Waals surface area contributed by atoms with Crippen LogP contribution in [-0.2, 0) is 6.54 Å². The minimum Gasteiger partial charge on any atom is -0.329 e. The number of hydrogen-bond donors (Lipinski definition) is 1. The average Bonchev–Trinajstić information content (AvgIpc) is 2.36. The maximum atomic E-state index is 5.95. The Hall–Kier alpha value is -0.900. The molecule has 1 saturated heterocycles. The normalized spacial score (nSPS) is 24.6. The van der Waals surface area contributed by atoms with E-state index in [-0.39, 0.29) is 5.54 Å². The number of rotatable bonds is 3. The first-order valence-electron chi connectivity index (χ1n) is 7.13. The maximum absolute atomic E-state index is 5.95. The third-order valence-corrected chi connectivity index (χ3v) is 4.40. The van der Waals surface area contributed by atoms with Gasteiger partial charge in [-0.05, 0) is 33.4 Å². The van der Waals surface area contributed by atoms with Gasteiger partial charge < -0.3 is 5.73 Å². The van der Waals surface area contributed by atoms with Crippen LogP contribution in [-0.4, -0.2) is 48.1 Å². The molecule has 3 heteroatoms. The molecule has 0 radical (unpaired) electrons. The quantitative estimate of drug-likeness (QED) is 0.901. The van der Waals surface area contributed by atoms with Crippen molar-refractivity contribution in [3.05, 3.63) is 35.4 Å². The lowest BCUT2D eigenvalue weighted by atomic mass is 9.95. The summed E-state index contributed by atoms with van der Waals surface area (Å²) in [7, 11) is 2.20. The van der Waals surface area contributed by atoms with Crippen molar-refractivity contribution in [3.63, 3.8) is 0 Å². The zero-order chi connectivity index (χ0) is 14.0. The lowest BCUT2D eigenvalue weighted by molar-refractivity contribution is -0.00257. The fourth-order valence-corrected chi connectivity index (χ4v) is 2.76. The summed E-state index contributed by atoms with van der Waals surface area (Å²) in [5.74, 6) is 0. The molecule has 1 aromatic carbocycles. The monoisotopic (exact) mass is 261 g/mol. The molecule has 0 bridgehead atoms. The average molecular weight is 261 g/mol. The van der Waals surface area contributed by atoms with Crippen LogP contribution >= 0.6 is 0 Å². The lowest BCUT2D eigenvalue weighted by Gasteiger charge is -2.49. The Labute approximate surface area is 117 Å². The zero-order valence-corrected chi connectivity index (χ0v) is 12.7. The fourth-order valence-electron chi connectivity index (χ4n) is 2.76. The van der Waals surface area contributed by atoms with E-state index in [4.69, 9.17) is 5.73 Å². The van der Waals surface area contributed by atoms with E-state index in [1.165, 1.54) is 11.1 Å².